The van der Waals surface area contributed by atoms with Gasteiger partial charge in [-0.05, 0) is 40.5 Å². The minimum atomic E-state index is -0.294. The van der Waals surface area contributed by atoms with Gasteiger partial charge in [-0.2, -0.15) is 0 Å². The molecule has 25 heavy (non-hydrogen) atoms. The first-order valence-corrected chi connectivity index (χ1v) is 9.32. The van der Waals surface area contributed by atoms with Gasteiger partial charge in [-0.25, -0.2) is 9.97 Å². The summed E-state index contributed by atoms with van der Waals surface area (Å²) in [6.45, 7) is 2.06. The number of nitrogens with zero attached hydrogens (tertiary/aromatic N) is 3. The normalized spacial score (nSPS) is 10.5. The Morgan fingerprint density at radius 3 is 2.60 bits per heavy atom. The van der Waals surface area contributed by atoms with Crippen molar-refractivity contribution in [2.75, 3.05) is 5.32 Å². The van der Waals surface area contributed by atoms with Crippen molar-refractivity contribution in [3.05, 3.63) is 76.3 Å². The maximum absolute atomic E-state index is 12.4. The Kier molecular flexibility index (Phi) is 5.78. The van der Waals surface area contributed by atoms with Gasteiger partial charge >= 0.3 is 0 Å². The molecule has 126 valence electrons. The van der Waals surface area contributed by atoms with Gasteiger partial charge in [0.1, 0.15) is 5.69 Å². The van der Waals surface area contributed by atoms with Crippen LogP contribution >= 0.6 is 27.7 Å². The summed E-state index contributed by atoms with van der Waals surface area (Å²) in [5, 5.41) is 3.36. The molecule has 3 rings (SSSR count). The third-order valence-electron chi connectivity index (χ3n) is 3.36. The highest BCUT2D eigenvalue weighted by molar-refractivity contribution is 9.10. The molecule has 0 bridgehead atoms. The average Bonchev–Trinajstić information content (AvgIpc) is 2.63. The molecule has 5 nitrogen and oxygen atoms in total. The summed E-state index contributed by atoms with van der Waals surface area (Å²) in [5.41, 5.74) is 3.38. The van der Waals surface area contributed by atoms with Gasteiger partial charge in [-0.15, -0.1) is 0 Å². The van der Waals surface area contributed by atoms with E-state index in [2.05, 4.69) is 67.4 Å². The number of nitrogens with one attached hydrogen (secondary N) is 1. The summed E-state index contributed by atoms with van der Waals surface area (Å²) < 4.78 is 0.554. The number of carbonyl (C=O) groups excluding carboxylic acids is 1. The fraction of sp³-hybridized carbons (Fsp3) is 0.111. The average molecular weight is 415 g/mol. The standard InChI is InChI=1S/C18H15BrN4OS/c1-12-2-4-13(5-3-12)11-25-18-21-10-15(19)16(23-18)17(24)22-14-6-8-20-9-7-14/h2-10H,11H2,1H3,(H,20,22,24). The molecule has 7 heteroatoms. The molecule has 0 saturated carbocycles. The lowest BCUT2D eigenvalue weighted by Crippen LogP contribution is -2.15. The molecule has 0 unspecified atom stereocenters. The quantitative estimate of drug-likeness (QED) is 0.491. The Labute approximate surface area is 158 Å². The molecular formula is C18H15BrN4OS. The van der Waals surface area contributed by atoms with Gasteiger partial charge in [0, 0.05) is 30.0 Å². The number of aromatic nitrogens is 3. The van der Waals surface area contributed by atoms with Gasteiger partial charge in [0.25, 0.3) is 5.91 Å². The van der Waals surface area contributed by atoms with Crippen molar-refractivity contribution in [2.45, 2.75) is 17.8 Å². The molecular weight excluding hydrogens is 400 g/mol. The van der Waals surface area contributed by atoms with Gasteiger partial charge < -0.3 is 5.32 Å². The zero-order valence-electron chi connectivity index (χ0n) is 13.4. The Hall–Kier alpha value is -2.25. The molecule has 0 aliphatic carbocycles. The first kappa shape index (κ1) is 17.6. The van der Waals surface area contributed by atoms with E-state index in [9.17, 15) is 4.79 Å². The van der Waals surface area contributed by atoms with Crippen molar-refractivity contribution in [2.24, 2.45) is 0 Å². The fourth-order valence-electron chi connectivity index (χ4n) is 2.04. The van der Waals surface area contributed by atoms with Crippen molar-refractivity contribution in [3.63, 3.8) is 0 Å². The number of thioether (sulfide) groups is 1. The lowest BCUT2D eigenvalue weighted by Gasteiger charge is -2.07. The number of amides is 1. The number of aryl methyl sites for hydroxylation is 1. The van der Waals surface area contributed by atoms with Crippen LogP contribution in [0.3, 0.4) is 0 Å². The Morgan fingerprint density at radius 1 is 1.16 bits per heavy atom. The summed E-state index contributed by atoms with van der Waals surface area (Å²) in [6, 6.07) is 11.8. The van der Waals surface area contributed by atoms with Crippen LogP contribution in [0, 0.1) is 6.92 Å². The van der Waals surface area contributed by atoms with Crippen LogP contribution in [0.25, 0.3) is 0 Å². The highest BCUT2D eigenvalue weighted by Gasteiger charge is 2.14. The van der Waals surface area contributed by atoms with Crippen molar-refractivity contribution >= 4 is 39.3 Å². The third-order valence-corrected chi connectivity index (χ3v) is 4.88. The van der Waals surface area contributed by atoms with Crippen LogP contribution in [0.15, 0.2) is 64.6 Å². The summed E-state index contributed by atoms with van der Waals surface area (Å²) >= 11 is 4.83. The number of benzene rings is 1. The maximum Gasteiger partial charge on any atom is 0.275 e. The van der Waals surface area contributed by atoms with Gasteiger partial charge in [-0.1, -0.05) is 41.6 Å². The molecule has 0 atom stereocenters. The second-order valence-corrected chi connectivity index (χ2v) is 7.11. The molecule has 0 radical (unpaired) electrons. The van der Waals surface area contributed by atoms with Crippen molar-refractivity contribution in [1.82, 2.24) is 15.0 Å². The number of carbonyl (C=O) groups is 1. The van der Waals surface area contributed by atoms with Crippen molar-refractivity contribution in [1.29, 1.82) is 0 Å². The van der Waals surface area contributed by atoms with E-state index in [0.29, 0.717) is 21.0 Å². The molecule has 1 aromatic carbocycles. The van der Waals surface area contributed by atoms with Crippen LogP contribution in [0.4, 0.5) is 5.69 Å². The zero-order valence-corrected chi connectivity index (χ0v) is 15.8. The van der Waals surface area contributed by atoms with Gasteiger partial charge in [0.05, 0.1) is 4.47 Å². The van der Waals surface area contributed by atoms with E-state index in [0.717, 1.165) is 5.75 Å². The van der Waals surface area contributed by atoms with E-state index < -0.39 is 0 Å². The SMILES string of the molecule is Cc1ccc(CSc2ncc(Br)c(C(=O)Nc3ccncc3)n2)cc1. The minimum absolute atomic E-state index is 0.294. The van der Waals surface area contributed by atoms with Crippen molar-refractivity contribution < 1.29 is 4.79 Å². The number of pyridine rings is 1. The van der Waals surface area contributed by atoms with E-state index in [1.54, 1.807) is 30.7 Å². The molecule has 3 aromatic rings. The Morgan fingerprint density at radius 2 is 1.88 bits per heavy atom. The van der Waals surface area contributed by atoms with Crippen LogP contribution in [0.5, 0.6) is 0 Å². The molecule has 0 spiro atoms. The number of halogens is 1. The topological polar surface area (TPSA) is 67.8 Å². The van der Waals surface area contributed by atoms with Gasteiger partial charge in [-0.3, -0.25) is 9.78 Å². The molecule has 1 amide bonds. The summed E-state index contributed by atoms with van der Waals surface area (Å²) in [6.07, 6.45) is 4.84. The molecule has 0 aliphatic rings. The summed E-state index contributed by atoms with van der Waals surface area (Å²) in [5.74, 6) is 0.450. The predicted molar refractivity (Wildman–Crippen MR) is 103 cm³/mol. The van der Waals surface area contributed by atoms with Gasteiger partial charge in [0.2, 0.25) is 0 Å². The predicted octanol–water partition coefficient (Wildman–Crippen LogP) is 4.49. The van der Waals surface area contributed by atoms with Crippen molar-refractivity contribution in [3.8, 4) is 0 Å². The first-order chi connectivity index (χ1) is 12.1. The van der Waals surface area contributed by atoms with E-state index >= 15 is 0 Å². The minimum Gasteiger partial charge on any atom is -0.321 e. The van der Waals surface area contributed by atoms with Crippen LogP contribution in [0.1, 0.15) is 21.6 Å². The molecule has 0 saturated heterocycles. The van der Waals surface area contributed by atoms with Crippen LogP contribution < -0.4 is 5.32 Å². The number of anilines is 1. The summed E-state index contributed by atoms with van der Waals surface area (Å²) in [7, 11) is 0. The van der Waals surface area contributed by atoms with E-state index in [4.69, 9.17) is 0 Å². The first-order valence-electron chi connectivity index (χ1n) is 7.54. The number of rotatable bonds is 5. The second-order valence-electron chi connectivity index (χ2n) is 5.31. The molecule has 0 aliphatic heterocycles. The lowest BCUT2D eigenvalue weighted by molar-refractivity contribution is 0.102. The zero-order chi connectivity index (χ0) is 17.6. The van der Waals surface area contributed by atoms with E-state index in [1.807, 2.05) is 0 Å². The highest BCUT2D eigenvalue weighted by Crippen LogP contribution is 2.23. The lowest BCUT2D eigenvalue weighted by atomic mass is 10.2. The third kappa shape index (κ3) is 4.87. The second kappa shape index (κ2) is 8.22. The highest BCUT2D eigenvalue weighted by atomic mass is 79.9. The summed E-state index contributed by atoms with van der Waals surface area (Å²) in [4.78, 5) is 25.0. The number of hydrogen-bond donors (Lipinski definition) is 1. The molecule has 2 aromatic heterocycles. The monoisotopic (exact) mass is 414 g/mol. The maximum atomic E-state index is 12.4. The molecule has 2 heterocycles. The van der Waals surface area contributed by atoms with Gasteiger partial charge in [0.15, 0.2) is 5.16 Å². The van der Waals surface area contributed by atoms with E-state index in [-0.39, 0.29) is 5.91 Å². The number of hydrogen-bond acceptors (Lipinski definition) is 5. The largest absolute Gasteiger partial charge is 0.321 e. The molecule has 1 N–H and O–H groups in total. The Balaban J connectivity index is 1.71. The molecule has 0 fully saturated rings. The Bertz CT molecular complexity index is 872. The smallest absolute Gasteiger partial charge is 0.275 e. The van der Waals surface area contributed by atoms with Crippen LogP contribution in [-0.4, -0.2) is 20.9 Å². The van der Waals surface area contributed by atoms with Crippen LogP contribution in [-0.2, 0) is 5.75 Å². The van der Waals surface area contributed by atoms with Crippen LogP contribution in [0.2, 0.25) is 0 Å². The fourth-order valence-corrected chi connectivity index (χ4v) is 3.18. The van der Waals surface area contributed by atoms with E-state index in [1.165, 1.54) is 22.9 Å².